The number of hydrogen-bond donors (Lipinski definition) is 2. The monoisotopic (exact) mass is 264 g/mol. The predicted molar refractivity (Wildman–Crippen MR) is 70.1 cm³/mol. The number of carbonyl (C=O) groups is 1. The lowest BCUT2D eigenvalue weighted by molar-refractivity contribution is 0.0533. The zero-order valence-corrected chi connectivity index (χ0v) is 11.7. The van der Waals surface area contributed by atoms with Crippen molar-refractivity contribution in [3.8, 4) is 6.07 Å². The number of rotatable bonds is 1. The van der Waals surface area contributed by atoms with E-state index >= 15 is 0 Å². The Hall–Kier alpha value is -1.78. The molecule has 0 saturated heterocycles. The van der Waals surface area contributed by atoms with Gasteiger partial charge in [0.15, 0.2) is 0 Å². The first-order chi connectivity index (χ1) is 8.60. The normalized spacial score (nSPS) is 11.1. The summed E-state index contributed by atoms with van der Waals surface area (Å²) in [6.07, 6.45) is -0.712. The number of aromatic nitrogens is 1. The second-order valence-electron chi connectivity index (χ2n) is 5.27. The second-order valence-corrected chi connectivity index (χ2v) is 5.27. The molecule has 0 unspecified atom stereocenters. The summed E-state index contributed by atoms with van der Waals surface area (Å²) < 4.78 is 6.27. The van der Waals surface area contributed by atoms with Crippen LogP contribution in [-0.2, 0) is 4.74 Å². The Balaban J connectivity index is 3.41. The standard InChI is InChI=1S/C12H17BN2O4/c1-7-9(6-14)15(8(2)10(7)13(17)18)11(16)19-12(3,4)5/h17-18H,1-5H3. The van der Waals surface area contributed by atoms with Crippen molar-refractivity contribution in [1.29, 1.82) is 5.26 Å². The SMILES string of the molecule is Cc1c(B(O)O)c(C)n(C(=O)OC(C)(C)C)c1C#N. The van der Waals surface area contributed by atoms with E-state index in [9.17, 15) is 14.8 Å². The molecule has 0 fully saturated rings. The molecule has 7 heteroatoms. The van der Waals surface area contributed by atoms with Gasteiger partial charge in [0.2, 0.25) is 0 Å². The highest BCUT2D eigenvalue weighted by molar-refractivity contribution is 6.60. The molecule has 0 amide bonds. The van der Waals surface area contributed by atoms with Crippen molar-refractivity contribution in [2.24, 2.45) is 0 Å². The first-order valence-electron chi connectivity index (χ1n) is 5.81. The number of ether oxygens (including phenoxy) is 1. The number of carbonyl (C=O) groups excluding carboxylic acids is 1. The van der Waals surface area contributed by atoms with Crippen LogP contribution in [0.1, 0.15) is 37.7 Å². The fourth-order valence-electron chi connectivity index (χ4n) is 1.90. The maximum absolute atomic E-state index is 12.1. The molecule has 0 spiro atoms. The number of nitrogens with zero attached hydrogens (tertiary/aromatic N) is 2. The molecule has 1 rings (SSSR count). The molecule has 0 radical (unpaired) electrons. The van der Waals surface area contributed by atoms with Crippen molar-refractivity contribution in [2.45, 2.75) is 40.2 Å². The van der Waals surface area contributed by atoms with Crippen LogP contribution in [0.2, 0.25) is 0 Å². The molecule has 0 aliphatic carbocycles. The third-order valence-electron chi connectivity index (χ3n) is 2.65. The van der Waals surface area contributed by atoms with Crippen LogP contribution < -0.4 is 5.46 Å². The van der Waals surface area contributed by atoms with Crippen molar-refractivity contribution >= 4 is 18.7 Å². The van der Waals surface area contributed by atoms with E-state index in [2.05, 4.69) is 0 Å². The lowest BCUT2D eigenvalue weighted by atomic mass is 9.77. The van der Waals surface area contributed by atoms with Gasteiger partial charge in [-0.2, -0.15) is 5.26 Å². The number of nitriles is 1. The zero-order valence-electron chi connectivity index (χ0n) is 11.7. The summed E-state index contributed by atoms with van der Waals surface area (Å²) in [6.45, 7) is 8.23. The molecule has 0 saturated carbocycles. The van der Waals surface area contributed by atoms with Crippen molar-refractivity contribution < 1.29 is 19.6 Å². The maximum atomic E-state index is 12.1. The Bertz CT molecular complexity index is 550. The zero-order chi connectivity index (χ0) is 15.0. The summed E-state index contributed by atoms with van der Waals surface area (Å²) >= 11 is 0. The van der Waals surface area contributed by atoms with Crippen LogP contribution in [0.25, 0.3) is 0 Å². The Morgan fingerprint density at radius 1 is 1.37 bits per heavy atom. The molecule has 0 bridgehead atoms. The summed E-state index contributed by atoms with van der Waals surface area (Å²) in [5.74, 6) is 0. The highest BCUT2D eigenvalue weighted by Crippen LogP contribution is 2.16. The van der Waals surface area contributed by atoms with Crippen molar-refractivity contribution in [1.82, 2.24) is 4.57 Å². The smallest absolute Gasteiger partial charge is 0.443 e. The third-order valence-corrected chi connectivity index (χ3v) is 2.65. The Morgan fingerprint density at radius 3 is 2.26 bits per heavy atom. The molecular formula is C12H17BN2O4. The van der Waals surface area contributed by atoms with E-state index in [-0.39, 0.29) is 11.2 Å². The minimum atomic E-state index is -1.74. The van der Waals surface area contributed by atoms with Gasteiger partial charge in [0.25, 0.3) is 0 Å². The summed E-state index contributed by atoms with van der Waals surface area (Å²) in [4.78, 5) is 12.1. The van der Waals surface area contributed by atoms with E-state index in [0.717, 1.165) is 4.57 Å². The van der Waals surface area contributed by atoms with Gasteiger partial charge in [0.1, 0.15) is 17.4 Å². The molecule has 1 aromatic heterocycles. The van der Waals surface area contributed by atoms with E-state index in [1.165, 1.54) is 6.92 Å². The van der Waals surface area contributed by atoms with Crippen molar-refractivity contribution in [3.63, 3.8) is 0 Å². The first kappa shape index (κ1) is 15.3. The first-order valence-corrected chi connectivity index (χ1v) is 5.81. The van der Waals surface area contributed by atoms with Crippen LogP contribution in [0.4, 0.5) is 4.79 Å². The van der Waals surface area contributed by atoms with Gasteiger partial charge in [-0.25, -0.2) is 9.36 Å². The minimum Gasteiger partial charge on any atom is -0.443 e. The molecule has 1 heterocycles. The summed E-state index contributed by atoms with van der Waals surface area (Å²) in [5, 5.41) is 27.8. The molecule has 0 aliphatic heterocycles. The summed E-state index contributed by atoms with van der Waals surface area (Å²) in [7, 11) is -1.74. The van der Waals surface area contributed by atoms with Gasteiger partial charge in [-0.15, -0.1) is 0 Å². The minimum absolute atomic E-state index is 0.0508. The van der Waals surface area contributed by atoms with Gasteiger partial charge in [-0.05, 0) is 40.2 Å². The molecule has 0 atom stereocenters. The maximum Gasteiger partial charge on any atom is 0.490 e. The third kappa shape index (κ3) is 2.97. The van der Waals surface area contributed by atoms with Crippen LogP contribution in [0.3, 0.4) is 0 Å². The molecular weight excluding hydrogens is 247 g/mol. The fraction of sp³-hybridized carbons (Fsp3) is 0.500. The van der Waals surface area contributed by atoms with Crippen LogP contribution in [0.15, 0.2) is 0 Å². The van der Waals surface area contributed by atoms with E-state index in [4.69, 9.17) is 10.00 Å². The average molecular weight is 264 g/mol. The van der Waals surface area contributed by atoms with E-state index in [1.807, 2.05) is 6.07 Å². The van der Waals surface area contributed by atoms with Crippen LogP contribution in [-0.4, -0.2) is 33.4 Å². The lowest BCUT2D eigenvalue weighted by Crippen LogP contribution is -2.34. The Labute approximate surface area is 112 Å². The quantitative estimate of drug-likeness (QED) is 0.717. The van der Waals surface area contributed by atoms with Crippen LogP contribution in [0.5, 0.6) is 0 Å². The topological polar surface area (TPSA) is 95.5 Å². The van der Waals surface area contributed by atoms with Crippen LogP contribution >= 0.6 is 0 Å². The highest BCUT2D eigenvalue weighted by atomic mass is 16.6. The lowest BCUT2D eigenvalue weighted by Gasteiger charge is -2.20. The van der Waals surface area contributed by atoms with Crippen LogP contribution in [0, 0.1) is 25.2 Å². The Morgan fingerprint density at radius 2 is 1.89 bits per heavy atom. The van der Waals surface area contributed by atoms with Gasteiger partial charge in [0, 0.05) is 11.2 Å². The predicted octanol–water partition coefficient (Wildman–Crippen LogP) is 0.440. The van der Waals surface area contributed by atoms with E-state index in [0.29, 0.717) is 11.3 Å². The highest BCUT2D eigenvalue weighted by Gasteiger charge is 2.30. The molecule has 1 aromatic rings. The molecule has 2 N–H and O–H groups in total. The number of hydrogen-bond acceptors (Lipinski definition) is 5. The fourth-order valence-corrected chi connectivity index (χ4v) is 1.90. The van der Waals surface area contributed by atoms with E-state index < -0.39 is 18.8 Å². The molecule has 102 valence electrons. The van der Waals surface area contributed by atoms with Gasteiger partial charge in [-0.3, -0.25) is 0 Å². The second kappa shape index (κ2) is 5.07. The average Bonchev–Trinajstić information content (AvgIpc) is 2.46. The molecule has 6 nitrogen and oxygen atoms in total. The largest absolute Gasteiger partial charge is 0.490 e. The summed E-state index contributed by atoms with van der Waals surface area (Å²) in [5.41, 5.74) is 0.156. The van der Waals surface area contributed by atoms with Crippen molar-refractivity contribution in [2.75, 3.05) is 0 Å². The molecule has 0 aliphatic rings. The van der Waals surface area contributed by atoms with Gasteiger partial charge in [-0.1, -0.05) is 0 Å². The van der Waals surface area contributed by atoms with Gasteiger partial charge >= 0.3 is 13.2 Å². The Kier molecular flexibility index (Phi) is 4.08. The van der Waals surface area contributed by atoms with Crippen molar-refractivity contribution in [3.05, 3.63) is 17.0 Å². The summed E-state index contributed by atoms with van der Waals surface area (Å²) in [6, 6.07) is 1.89. The van der Waals surface area contributed by atoms with Gasteiger partial charge in [0.05, 0.1) is 0 Å². The molecule has 0 aromatic carbocycles. The molecule has 19 heavy (non-hydrogen) atoms. The van der Waals surface area contributed by atoms with Gasteiger partial charge < -0.3 is 14.8 Å². The van der Waals surface area contributed by atoms with E-state index in [1.54, 1.807) is 27.7 Å².